The highest BCUT2D eigenvalue weighted by atomic mass is 16.9. The summed E-state index contributed by atoms with van der Waals surface area (Å²) in [5.74, 6) is 0.878. The molecule has 2 heterocycles. The molecule has 3 atom stereocenters. The van der Waals surface area contributed by atoms with Crippen LogP contribution in [0.15, 0.2) is 42.5 Å². The number of benzene rings is 2. The Labute approximate surface area is 292 Å². The maximum absolute atomic E-state index is 12.3. The Morgan fingerprint density at radius 3 is 2.44 bits per heavy atom. The lowest BCUT2D eigenvalue weighted by molar-refractivity contribution is -0.757. The second-order valence-corrected chi connectivity index (χ2v) is 12.2. The Hall–Kier alpha value is -4.34. The molecule has 276 valence electrons. The van der Waals surface area contributed by atoms with Crippen molar-refractivity contribution in [3.8, 4) is 11.5 Å². The van der Waals surface area contributed by atoms with Crippen molar-refractivity contribution in [2.75, 3.05) is 78.3 Å². The molecule has 50 heavy (non-hydrogen) atoms. The topological polar surface area (TPSA) is 169 Å². The molecular formula is C35H49N3O12. The number of carboxylic acid groups (broad SMARTS) is 1. The van der Waals surface area contributed by atoms with Gasteiger partial charge in [-0.1, -0.05) is 24.6 Å². The number of unbranched alkanes of at least 4 members (excludes halogenated alkanes) is 2. The van der Waals surface area contributed by atoms with Gasteiger partial charge in [0.25, 0.3) is 5.09 Å². The smallest absolute Gasteiger partial charge is 0.407 e. The zero-order chi connectivity index (χ0) is 35.7. The molecule has 2 aromatic carbocycles. The minimum atomic E-state index is -1.06. The molecule has 15 nitrogen and oxygen atoms in total. The van der Waals surface area contributed by atoms with Crippen LogP contribution in [0.4, 0.5) is 10.5 Å². The van der Waals surface area contributed by atoms with E-state index < -0.39 is 23.4 Å². The first kappa shape index (κ1) is 38.5. The third-order valence-electron chi connectivity index (χ3n) is 8.70. The van der Waals surface area contributed by atoms with Gasteiger partial charge in [-0.25, -0.2) is 4.79 Å². The van der Waals surface area contributed by atoms with Gasteiger partial charge in [-0.05, 0) is 54.7 Å². The van der Waals surface area contributed by atoms with E-state index in [9.17, 15) is 24.8 Å². The summed E-state index contributed by atoms with van der Waals surface area (Å²) >= 11 is 0. The van der Waals surface area contributed by atoms with E-state index in [2.05, 4.69) is 15.8 Å². The van der Waals surface area contributed by atoms with E-state index in [-0.39, 0.29) is 57.8 Å². The Morgan fingerprint density at radius 1 is 0.940 bits per heavy atom. The molecule has 0 saturated carbocycles. The van der Waals surface area contributed by atoms with Gasteiger partial charge >= 0.3 is 12.1 Å². The molecule has 15 heteroatoms. The number of carbonyl (C=O) groups excluding carboxylic acids is 1. The van der Waals surface area contributed by atoms with Crippen LogP contribution in [0.25, 0.3) is 0 Å². The van der Waals surface area contributed by atoms with Crippen LogP contribution in [0.3, 0.4) is 0 Å². The number of piperidine rings is 1. The van der Waals surface area contributed by atoms with Crippen LogP contribution in [0.2, 0.25) is 0 Å². The molecule has 2 aromatic rings. The lowest BCUT2D eigenvalue weighted by Gasteiger charge is -2.42. The van der Waals surface area contributed by atoms with E-state index in [1.807, 2.05) is 36.4 Å². The average molecular weight is 704 g/mol. The third-order valence-corrected chi connectivity index (χ3v) is 8.70. The van der Waals surface area contributed by atoms with Gasteiger partial charge in [0, 0.05) is 39.0 Å². The van der Waals surface area contributed by atoms with E-state index in [1.54, 1.807) is 14.2 Å². The fraction of sp³-hybridized carbons (Fsp3) is 0.600. The number of anilines is 1. The summed E-state index contributed by atoms with van der Waals surface area (Å²) in [6.07, 6.45) is 1.05. The molecule has 0 bridgehead atoms. The number of carbonyl (C=O) groups is 2. The van der Waals surface area contributed by atoms with E-state index in [4.69, 9.17) is 28.4 Å². The predicted molar refractivity (Wildman–Crippen MR) is 181 cm³/mol. The standard InChI is InChI=1S/C35H49N3O12/c1-44-17-6-15-36-16-21-47-30-14-9-26(22-29(30)36)25-49-32-24-37(35(40)41)23-31(34(32)27-10-12-28(45-2)13-11-27)46-18-7-19-48-33(39)8-4-3-5-20-50-38(42)43/h9-14,22,31-32,34H,3-8,15-21,23-25H2,1-2H3,(H,40,41)/t31-,32+,34+/m1/s1. The summed E-state index contributed by atoms with van der Waals surface area (Å²) in [4.78, 5) is 42.5. The molecule has 1 N–H and O–H groups in total. The normalized spacial score (nSPS) is 18.6. The predicted octanol–water partition coefficient (Wildman–Crippen LogP) is 4.68. The van der Waals surface area contributed by atoms with Gasteiger partial charge in [0.15, 0.2) is 0 Å². The number of amides is 1. The molecule has 4 rings (SSSR count). The van der Waals surface area contributed by atoms with Crippen molar-refractivity contribution in [3.63, 3.8) is 0 Å². The number of hydrogen-bond acceptors (Lipinski definition) is 12. The number of likely N-dealkylation sites (tertiary alicyclic amines) is 1. The summed E-state index contributed by atoms with van der Waals surface area (Å²) in [6, 6.07) is 13.6. The van der Waals surface area contributed by atoms with E-state index in [0.717, 1.165) is 42.1 Å². The van der Waals surface area contributed by atoms with Crippen molar-refractivity contribution in [2.45, 2.75) is 63.3 Å². The van der Waals surface area contributed by atoms with Gasteiger partial charge in [0.2, 0.25) is 0 Å². The summed E-state index contributed by atoms with van der Waals surface area (Å²) in [7, 11) is 3.29. The van der Waals surface area contributed by atoms with Crippen molar-refractivity contribution >= 4 is 17.7 Å². The molecular weight excluding hydrogens is 654 g/mol. The molecule has 1 fully saturated rings. The van der Waals surface area contributed by atoms with Crippen molar-refractivity contribution < 1.29 is 53.0 Å². The zero-order valence-electron chi connectivity index (χ0n) is 28.9. The largest absolute Gasteiger partial charge is 0.497 e. The Morgan fingerprint density at radius 2 is 1.72 bits per heavy atom. The molecule has 0 aliphatic carbocycles. The van der Waals surface area contributed by atoms with Crippen LogP contribution in [-0.4, -0.2) is 113 Å². The van der Waals surface area contributed by atoms with Crippen LogP contribution in [0.1, 0.15) is 55.6 Å². The van der Waals surface area contributed by atoms with Crippen LogP contribution >= 0.6 is 0 Å². The highest BCUT2D eigenvalue weighted by molar-refractivity contribution is 5.69. The SMILES string of the molecule is COCCCN1CCOc2ccc(CO[C@H]3CN(C(=O)O)C[C@@H](OCCCOC(=O)CCCCCO[N+](=O)[O-])[C@@H]3c3ccc(OC)cc3)cc21. The number of methoxy groups -OCH3 is 2. The van der Waals surface area contributed by atoms with Crippen molar-refractivity contribution in [3.05, 3.63) is 63.7 Å². The Bertz CT molecular complexity index is 1360. The summed E-state index contributed by atoms with van der Waals surface area (Å²) in [6.45, 7) is 3.87. The molecule has 0 aromatic heterocycles. The van der Waals surface area contributed by atoms with Crippen LogP contribution in [0.5, 0.6) is 11.5 Å². The highest BCUT2D eigenvalue weighted by Crippen LogP contribution is 2.36. The first-order valence-corrected chi connectivity index (χ1v) is 17.1. The maximum Gasteiger partial charge on any atom is 0.407 e. The number of nitrogens with zero attached hydrogens (tertiary/aromatic N) is 3. The number of ether oxygens (including phenoxy) is 6. The summed E-state index contributed by atoms with van der Waals surface area (Å²) in [5.41, 5.74) is 2.88. The zero-order valence-corrected chi connectivity index (χ0v) is 28.9. The molecule has 0 unspecified atom stereocenters. The van der Waals surface area contributed by atoms with Gasteiger partial charge in [0.05, 0.1) is 71.1 Å². The fourth-order valence-corrected chi connectivity index (χ4v) is 6.18. The molecule has 0 radical (unpaired) electrons. The summed E-state index contributed by atoms with van der Waals surface area (Å²) in [5, 5.41) is 19.4. The Kier molecular flexibility index (Phi) is 15.7. The maximum atomic E-state index is 12.3. The van der Waals surface area contributed by atoms with E-state index in [0.29, 0.717) is 44.6 Å². The second kappa shape index (κ2) is 20.4. The molecule has 1 saturated heterocycles. The minimum Gasteiger partial charge on any atom is -0.497 e. The average Bonchev–Trinajstić information content (AvgIpc) is 3.12. The number of hydrogen-bond donors (Lipinski definition) is 1. The monoisotopic (exact) mass is 703 g/mol. The number of fused-ring (bicyclic) bond motifs is 1. The molecule has 2 aliphatic rings. The number of rotatable bonds is 21. The van der Waals surface area contributed by atoms with Crippen molar-refractivity contribution in [1.82, 2.24) is 4.90 Å². The third kappa shape index (κ3) is 11.9. The Balaban J connectivity index is 1.38. The highest BCUT2D eigenvalue weighted by Gasteiger charge is 2.41. The first-order valence-electron chi connectivity index (χ1n) is 17.1. The summed E-state index contributed by atoms with van der Waals surface area (Å²) < 4.78 is 34.7. The second-order valence-electron chi connectivity index (χ2n) is 12.2. The van der Waals surface area contributed by atoms with Gasteiger partial charge in [-0.3, -0.25) is 4.79 Å². The van der Waals surface area contributed by atoms with Crippen molar-refractivity contribution in [1.29, 1.82) is 0 Å². The minimum absolute atomic E-state index is 0.00116. The van der Waals surface area contributed by atoms with Crippen LogP contribution in [-0.2, 0) is 35.2 Å². The van der Waals surface area contributed by atoms with Crippen molar-refractivity contribution in [2.24, 2.45) is 0 Å². The lowest BCUT2D eigenvalue weighted by atomic mass is 9.84. The van der Waals surface area contributed by atoms with E-state index >= 15 is 0 Å². The van der Waals surface area contributed by atoms with Gasteiger partial charge < -0.3 is 48.2 Å². The van der Waals surface area contributed by atoms with Gasteiger partial charge in [0.1, 0.15) is 18.1 Å². The van der Waals surface area contributed by atoms with Crippen LogP contribution < -0.4 is 14.4 Å². The quantitative estimate of drug-likeness (QED) is 0.0824. The lowest BCUT2D eigenvalue weighted by Crippen LogP contribution is -2.54. The van der Waals surface area contributed by atoms with Crippen LogP contribution in [0, 0.1) is 10.1 Å². The first-order chi connectivity index (χ1) is 24.3. The van der Waals surface area contributed by atoms with Gasteiger partial charge in [-0.15, -0.1) is 10.1 Å². The van der Waals surface area contributed by atoms with E-state index in [1.165, 1.54) is 4.90 Å². The van der Waals surface area contributed by atoms with Gasteiger partial charge in [-0.2, -0.15) is 0 Å². The molecule has 1 amide bonds. The molecule has 0 spiro atoms. The fourth-order valence-electron chi connectivity index (χ4n) is 6.18. The number of esters is 1. The molecule has 2 aliphatic heterocycles.